The lowest BCUT2D eigenvalue weighted by Crippen LogP contribution is -2.02. The minimum absolute atomic E-state index is 0.211. The number of nitrogens with zero attached hydrogens (tertiary/aromatic N) is 1. The van der Waals surface area contributed by atoms with E-state index in [9.17, 15) is 4.79 Å². The fourth-order valence-electron chi connectivity index (χ4n) is 2.24. The van der Waals surface area contributed by atoms with Gasteiger partial charge in [0.2, 0.25) is 5.89 Å². The molecule has 24 heavy (non-hydrogen) atoms. The maximum absolute atomic E-state index is 11.9. The van der Waals surface area contributed by atoms with Crippen molar-refractivity contribution in [2.45, 2.75) is 0 Å². The average Bonchev–Trinajstić information content (AvgIpc) is 2.60. The summed E-state index contributed by atoms with van der Waals surface area (Å²) in [7, 11) is 1.55. The van der Waals surface area contributed by atoms with Crippen LogP contribution in [0.2, 0.25) is 5.02 Å². The number of hydrogen-bond acceptors (Lipinski definition) is 4. The molecule has 2 aromatic carbocycles. The summed E-state index contributed by atoms with van der Waals surface area (Å²) in [6.45, 7) is 0. The van der Waals surface area contributed by atoms with E-state index >= 15 is 0 Å². The van der Waals surface area contributed by atoms with Crippen LogP contribution in [0.1, 0.15) is 11.5 Å². The molecule has 0 bridgehead atoms. The molecule has 0 unspecified atom stereocenters. The molecule has 1 heterocycles. The van der Waals surface area contributed by atoms with Crippen LogP contribution < -0.4 is 10.4 Å². The molecule has 5 heteroatoms. The van der Waals surface area contributed by atoms with Crippen LogP contribution in [0.25, 0.3) is 23.4 Å². The number of ether oxygens (including phenoxy) is 1. The Morgan fingerprint density at radius 1 is 1.08 bits per heavy atom. The fourth-order valence-corrected chi connectivity index (χ4v) is 2.41. The normalized spacial score (nSPS) is 10.9. The van der Waals surface area contributed by atoms with E-state index in [4.69, 9.17) is 20.8 Å². The Kier molecular flexibility index (Phi) is 4.77. The minimum Gasteiger partial charge on any atom is -0.496 e. The van der Waals surface area contributed by atoms with Gasteiger partial charge in [-0.3, -0.25) is 0 Å². The molecule has 0 fully saturated rings. The third kappa shape index (κ3) is 3.73. The van der Waals surface area contributed by atoms with E-state index in [1.54, 1.807) is 31.4 Å². The lowest BCUT2D eigenvalue weighted by Gasteiger charge is -2.08. The van der Waals surface area contributed by atoms with Crippen molar-refractivity contribution in [1.82, 2.24) is 4.98 Å². The van der Waals surface area contributed by atoms with Crippen molar-refractivity contribution in [2.75, 3.05) is 7.11 Å². The van der Waals surface area contributed by atoms with Gasteiger partial charge in [-0.05, 0) is 29.8 Å². The van der Waals surface area contributed by atoms with Gasteiger partial charge in [0.15, 0.2) is 0 Å². The first-order valence-electron chi connectivity index (χ1n) is 7.25. The first kappa shape index (κ1) is 16.0. The zero-order valence-electron chi connectivity index (χ0n) is 12.9. The quantitative estimate of drug-likeness (QED) is 0.700. The van der Waals surface area contributed by atoms with Gasteiger partial charge in [-0.15, -0.1) is 0 Å². The zero-order valence-corrected chi connectivity index (χ0v) is 13.7. The molecule has 0 saturated carbocycles. The standard InChI is InChI=1S/C19H14ClNO3/c1-23-17-9-8-14(20)11-15(17)16-12-19(22)24-18(21-16)10-7-13-5-3-2-4-6-13/h2-12H,1H3. The molecule has 3 rings (SSSR count). The first-order chi connectivity index (χ1) is 11.7. The Morgan fingerprint density at radius 3 is 2.62 bits per heavy atom. The van der Waals surface area contributed by atoms with Crippen molar-refractivity contribution in [3.63, 3.8) is 0 Å². The van der Waals surface area contributed by atoms with E-state index in [2.05, 4.69) is 4.98 Å². The van der Waals surface area contributed by atoms with Crippen molar-refractivity contribution >= 4 is 23.8 Å². The third-order valence-electron chi connectivity index (χ3n) is 3.35. The third-order valence-corrected chi connectivity index (χ3v) is 3.58. The van der Waals surface area contributed by atoms with Crippen LogP contribution in [0.15, 0.2) is 63.8 Å². The molecule has 0 amide bonds. The highest BCUT2D eigenvalue weighted by Gasteiger charge is 2.11. The van der Waals surface area contributed by atoms with E-state index in [1.165, 1.54) is 6.07 Å². The fraction of sp³-hybridized carbons (Fsp3) is 0.0526. The zero-order chi connectivity index (χ0) is 16.9. The second-order valence-electron chi connectivity index (χ2n) is 4.99. The lowest BCUT2D eigenvalue weighted by atomic mass is 10.1. The molecule has 0 aliphatic rings. The van der Waals surface area contributed by atoms with Gasteiger partial charge < -0.3 is 9.15 Å². The van der Waals surface area contributed by atoms with Gasteiger partial charge in [-0.2, -0.15) is 0 Å². The highest BCUT2D eigenvalue weighted by Crippen LogP contribution is 2.30. The van der Waals surface area contributed by atoms with Crippen LogP contribution >= 0.6 is 11.6 Å². The van der Waals surface area contributed by atoms with Crippen molar-refractivity contribution in [3.05, 3.63) is 81.5 Å². The molecular weight excluding hydrogens is 326 g/mol. The molecule has 0 atom stereocenters. The summed E-state index contributed by atoms with van der Waals surface area (Å²) in [5, 5.41) is 0.530. The van der Waals surface area contributed by atoms with E-state index in [1.807, 2.05) is 36.4 Å². The summed E-state index contributed by atoms with van der Waals surface area (Å²) in [4.78, 5) is 16.2. The molecule has 0 N–H and O–H groups in total. The van der Waals surface area contributed by atoms with E-state index < -0.39 is 5.63 Å². The molecular formula is C19H14ClNO3. The lowest BCUT2D eigenvalue weighted by molar-refractivity contribution is 0.416. The molecule has 1 aromatic heterocycles. The minimum atomic E-state index is -0.491. The predicted molar refractivity (Wildman–Crippen MR) is 95.1 cm³/mol. The van der Waals surface area contributed by atoms with Crippen molar-refractivity contribution in [3.8, 4) is 17.0 Å². The Hall–Kier alpha value is -2.85. The summed E-state index contributed by atoms with van der Waals surface area (Å²) < 4.78 is 10.5. The van der Waals surface area contributed by atoms with Crippen molar-refractivity contribution in [1.29, 1.82) is 0 Å². The number of hydrogen-bond donors (Lipinski definition) is 0. The first-order valence-corrected chi connectivity index (χ1v) is 7.63. The van der Waals surface area contributed by atoms with Gasteiger partial charge in [-0.25, -0.2) is 9.78 Å². The Labute approximate surface area is 144 Å². The summed E-state index contributed by atoms with van der Waals surface area (Å²) >= 11 is 6.05. The highest BCUT2D eigenvalue weighted by molar-refractivity contribution is 6.30. The van der Waals surface area contributed by atoms with Crippen LogP contribution in [0, 0.1) is 0 Å². The second-order valence-corrected chi connectivity index (χ2v) is 5.43. The van der Waals surface area contributed by atoms with Crippen LogP contribution in [0.4, 0.5) is 0 Å². The summed E-state index contributed by atoms with van der Waals surface area (Å²) in [6, 6.07) is 16.1. The topological polar surface area (TPSA) is 52.3 Å². The SMILES string of the molecule is COc1ccc(Cl)cc1-c1cc(=O)oc(C=Cc2ccccc2)n1. The summed E-state index contributed by atoms with van der Waals surface area (Å²) in [5.41, 5.74) is 1.56. The predicted octanol–water partition coefficient (Wildman–Crippen LogP) is 4.53. The maximum Gasteiger partial charge on any atom is 0.339 e. The van der Waals surface area contributed by atoms with Gasteiger partial charge in [-0.1, -0.05) is 41.9 Å². The highest BCUT2D eigenvalue weighted by atomic mass is 35.5. The van der Waals surface area contributed by atoms with Crippen molar-refractivity contribution < 1.29 is 9.15 Å². The molecule has 0 spiro atoms. The van der Waals surface area contributed by atoms with Gasteiger partial charge in [0.1, 0.15) is 5.75 Å². The van der Waals surface area contributed by atoms with Gasteiger partial charge in [0.25, 0.3) is 0 Å². The van der Waals surface area contributed by atoms with E-state index in [0.29, 0.717) is 22.0 Å². The molecule has 4 nitrogen and oxygen atoms in total. The van der Waals surface area contributed by atoms with Crippen LogP contribution in [0.3, 0.4) is 0 Å². The molecule has 3 aromatic rings. The molecule has 0 saturated heterocycles. The van der Waals surface area contributed by atoms with Crippen LogP contribution in [-0.2, 0) is 0 Å². The van der Waals surface area contributed by atoms with Crippen LogP contribution in [-0.4, -0.2) is 12.1 Å². The molecule has 120 valence electrons. The second kappa shape index (κ2) is 7.15. The Balaban J connectivity index is 2.03. The molecule has 0 aliphatic carbocycles. The average molecular weight is 340 g/mol. The Morgan fingerprint density at radius 2 is 1.88 bits per heavy atom. The van der Waals surface area contributed by atoms with E-state index in [-0.39, 0.29) is 5.89 Å². The van der Waals surface area contributed by atoms with Gasteiger partial charge in [0, 0.05) is 16.7 Å². The largest absolute Gasteiger partial charge is 0.496 e. The number of rotatable bonds is 4. The molecule has 0 radical (unpaired) electrons. The summed E-state index contributed by atoms with van der Waals surface area (Å²) in [5.74, 6) is 0.791. The maximum atomic E-state index is 11.9. The number of benzene rings is 2. The molecule has 0 aliphatic heterocycles. The smallest absolute Gasteiger partial charge is 0.339 e. The van der Waals surface area contributed by atoms with Gasteiger partial charge >= 0.3 is 5.63 Å². The summed E-state index contributed by atoms with van der Waals surface area (Å²) in [6.07, 6.45) is 3.47. The van der Waals surface area contributed by atoms with E-state index in [0.717, 1.165) is 5.56 Å². The number of halogens is 1. The van der Waals surface area contributed by atoms with Crippen LogP contribution in [0.5, 0.6) is 5.75 Å². The van der Waals surface area contributed by atoms with Crippen molar-refractivity contribution in [2.24, 2.45) is 0 Å². The number of methoxy groups -OCH3 is 1. The monoisotopic (exact) mass is 339 g/mol. The number of aromatic nitrogens is 1. The Bertz CT molecular complexity index is 933. The van der Waals surface area contributed by atoms with Gasteiger partial charge in [0.05, 0.1) is 18.9 Å².